The van der Waals surface area contributed by atoms with E-state index in [1.165, 1.54) is 31.4 Å². The van der Waals surface area contributed by atoms with Gasteiger partial charge in [0.1, 0.15) is 41.7 Å². The van der Waals surface area contributed by atoms with Gasteiger partial charge >= 0.3 is 5.63 Å². The molecule has 8 atom stereocenters. The van der Waals surface area contributed by atoms with Gasteiger partial charge in [-0.2, -0.15) is 0 Å². The van der Waals surface area contributed by atoms with Crippen LogP contribution in [-0.2, 0) is 14.2 Å². The normalized spacial score (nSPS) is 36.0. The molecule has 13 nitrogen and oxygen atoms in total. The van der Waals surface area contributed by atoms with Crippen LogP contribution >= 0.6 is 0 Å². The first-order chi connectivity index (χ1) is 16.2. The predicted octanol–water partition coefficient (Wildman–Crippen LogP) is -2.55. The molecule has 1 aromatic heterocycles. The number of benzene rings is 1. The second kappa shape index (κ2) is 9.73. The van der Waals surface area contributed by atoms with Gasteiger partial charge in [0.15, 0.2) is 17.8 Å². The molecular formula is C21H26O13. The highest BCUT2D eigenvalue weighted by Gasteiger charge is 2.50. The highest BCUT2D eigenvalue weighted by atomic mass is 16.7. The highest BCUT2D eigenvalue weighted by Crippen LogP contribution is 2.35. The van der Waals surface area contributed by atoms with Gasteiger partial charge < -0.3 is 58.7 Å². The summed E-state index contributed by atoms with van der Waals surface area (Å²) in [4.78, 5) is 11.5. The second-order valence-electron chi connectivity index (χ2n) is 8.15. The van der Waals surface area contributed by atoms with Crippen molar-refractivity contribution in [1.29, 1.82) is 0 Å². The Balaban J connectivity index is 1.50. The van der Waals surface area contributed by atoms with Crippen LogP contribution < -0.4 is 15.1 Å². The smallest absolute Gasteiger partial charge is 0.336 e. The summed E-state index contributed by atoms with van der Waals surface area (Å²) in [7, 11) is 1.38. The van der Waals surface area contributed by atoms with Gasteiger partial charge in [0, 0.05) is 17.5 Å². The second-order valence-corrected chi connectivity index (χ2v) is 8.15. The molecule has 0 amide bonds. The lowest BCUT2D eigenvalue weighted by Gasteiger charge is -2.40. The average molecular weight is 486 g/mol. The molecule has 0 radical (unpaired) electrons. The largest absolute Gasteiger partial charge is 0.493 e. The first-order valence-electron chi connectivity index (χ1n) is 10.4. The molecular weight excluding hydrogens is 460 g/mol. The van der Waals surface area contributed by atoms with Crippen molar-refractivity contribution in [3.63, 3.8) is 0 Å². The number of ether oxygens (including phenoxy) is 5. The summed E-state index contributed by atoms with van der Waals surface area (Å²) in [5.74, 6) is 0.246. The van der Waals surface area contributed by atoms with Crippen molar-refractivity contribution in [1.82, 2.24) is 0 Å². The zero-order chi connectivity index (χ0) is 24.6. The van der Waals surface area contributed by atoms with Crippen LogP contribution in [0.15, 0.2) is 33.5 Å². The molecule has 0 bridgehead atoms. The third kappa shape index (κ3) is 4.62. The third-order valence-electron chi connectivity index (χ3n) is 5.82. The summed E-state index contributed by atoms with van der Waals surface area (Å²) in [6, 6.07) is 5.66. The maximum atomic E-state index is 11.5. The zero-order valence-electron chi connectivity index (χ0n) is 18.0. The molecule has 3 heterocycles. The van der Waals surface area contributed by atoms with Gasteiger partial charge in [0.25, 0.3) is 0 Å². The van der Waals surface area contributed by atoms with E-state index in [1.54, 1.807) is 0 Å². The number of hydrogen-bond acceptors (Lipinski definition) is 13. The zero-order valence-corrected chi connectivity index (χ0v) is 18.0. The Kier molecular flexibility index (Phi) is 7.09. The standard InChI is InChI=1S/C21H26O13/c1-29-11-4-9-2-3-14(23)32-10(9)5-12(11)33-19-17(26)16(25)15(24)13(34-19)6-30-20-18(27)21(28,7-22)8-31-20/h2-5,13,15-20,22,24-28H,6-8H2,1H3/t13-,15-,16+,17-,18+,19+,20+,21-/m1/s1. The Morgan fingerprint density at radius 3 is 2.50 bits per heavy atom. The van der Waals surface area contributed by atoms with Crippen LogP contribution in [0.25, 0.3) is 11.0 Å². The molecule has 188 valence electrons. The maximum absolute atomic E-state index is 11.5. The molecule has 2 aromatic rings. The Morgan fingerprint density at radius 1 is 1.06 bits per heavy atom. The fraction of sp³-hybridized carbons (Fsp3) is 0.571. The van der Waals surface area contributed by atoms with Crippen LogP contribution in [0.2, 0.25) is 0 Å². The van der Waals surface area contributed by atoms with Gasteiger partial charge in [-0.05, 0) is 12.1 Å². The highest BCUT2D eigenvalue weighted by molar-refractivity contribution is 5.80. The van der Waals surface area contributed by atoms with Crippen molar-refractivity contribution in [3.05, 3.63) is 34.7 Å². The van der Waals surface area contributed by atoms with E-state index < -0.39 is 67.5 Å². The third-order valence-corrected chi connectivity index (χ3v) is 5.82. The first-order valence-corrected chi connectivity index (χ1v) is 10.4. The van der Waals surface area contributed by atoms with Crippen LogP contribution in [0, 0.1) is 0 Å². The first kappa shape index (κ1) is 24.8. The number of aliphatic hydroxyl groups is 6. The molecule has 2 aliphatic heterocycles. The molecule has 34 heavy (non-hydrogen) atoms. The maximum Gasteiger partial charge on any atom is 0.336 e. The van der Waals surface area contributed by atoms with E-state index in [0.717, 1.165) is 0 Å². The van der Waals surface area contributed by atoms with Crippen LogP contribution in [-0.4, -0.2) is 106 Å². The monoisotopic (exact) mass is 486 g/mol. The quantitative estimate of drug-likeness (QED) is 0.224. The molecule has 4 rings (SSSR count). The fourth-order valence-corrected chi connectivity index (χ4v) is 3.73. The summed E-state index contributed by atoms with van der Waals surface area (Å²) in [6.07, 6.45) is -10.6. The van der Waals surface area contributed by atoms with E-state index in [4.69, 9.17) is 28.1 Å². The molecule has 2 fully saturated rings. The molecule has 6 N–H and O–H groups in total. The van der Waals surface area contributed by atoms with Crippen molar-refractivity contribution in [2.24, 2.45) is 0 Å². The number of methoxy groups -OCH3 is 1. The minimum atomic E-state index is -1.90. The number of hydrogen-bond donors (Lipinski definition) is 6. The summed E-state index contributed by atoms with van der Waals surface area (Å²) < 4.78 is 32.2. The predicted molar refractivity (Wildman–Crippen MR) is 110 cm³/mol. The average Bonchev–Trinajstić information content (AvgIpc) is 3.12. The van der Waals surface area contributed by atoms with Crippen molar-refractivity contribution < 1.29 is 58.7 Å². The molecule has 13 heteroatoms. The molecule has 2 aliphatic rings. The number of rotatable bonds is 7. The van der Waals surface area contributed by atoms with Crippen molar-refractivity contribution in [2.75, 3.05) is 26.9 Å². The molecule has 0 aliphatic carbocycles. The Bertz CT molecular complexity index is 1060. The van der Waals surface area contributed by atoms with Crippen LogP contribution in [0.5, 0.6) is 11.5 Å². The van der Waals surface area contributed by atoms with Crippen molar-refractivity contribution >= 4 is 11.0 Å². The summed E-state index contributed by atoms with van der Waals surface area (Å²) in [6.45, 7) is -1.57. The Morgan fingerprint density at radius 2 is 1.82 bits per heavy atom. The Hall–Kier alpha value is -2.33. The van der Waals surface area contributed by atoms with Crippen LogP contribution in [0.4, 0.5) is 0 Å². The van der Waals surface area contributed by atoms with Gasteiger partial charge in [-0.25, -0.2) is 4.79 Å². The van der Waals surface area contributed by atoms with E-state index in [2.05, 4.69) is 0 Å². The van der Waals surface area contributed by atoms with Gasteiger partial charge in [0.2, 0.25) is 6.29 Å². The van der Waals surface area contributed by atoms with Gasteiger partial charge in [0.05, 0.1) is 26.9 Å². The Labute approximate surface area is 192 Å². The lowest BCUT2D eigenvalue weighted by Crippen LogP contribution is -2.60. The van der Waals surface area contributed by atoms with Gasteiger partial charge in [-0.1, -0.05) is 0 Å². The summed E-state index contributed by atoms with van der Waals surface area (Å²) >= 11 is 0. The van der Waals surface area contributed by atoms with Crippen LogP contribution in [0.3, 0.4) is 0 Å². The number of fused-ring (bicyclic) bond motifs is 1. The minimum Gasteiger partial charge on any atom is -0.493 e. The summed E-state index contributed by atoms with van der Waals surface area (Å²) in [5, 5.41) is 60.9. The minimum absolute atomic E-state index is 0.0271. The SMILES string of the molecule is COc1cc2ccc(=O)oc2cc1O[C@H]1O[C@H](CO[C@H]2OC[C@](O)(CO)[C@H]2O)[C@@H](O)[C@H](O)[C@H]1O. The van der Waals surface area contributed by atoms with Crippen molar-refractivity contribution in [2.45, 2.75) is 48.7 Å². The van der Waals surface area contributed by atoms with E-state index in [0.29, 0.717) is 5.39 Å². The van der Waals surface area contributed by atoms with E-state index >= 15 is 0 Å². The lowest BCUT2D eigenvalue weighted by molar-refractivity contribution is -0.289. The number of aliphatic hydroxyl groups excluding tert-OH is 5. The van der Waals surface area contributed by atoms with E-state index in [1.807, 2.05) is 0 Å². The molecule has 0 unspecified atom stereocenters. The van der Waals surface area contributed by atoms with Crippen molar-refractivity contribution in [3.8, 4) is 11.5 Å². The fourth-order valence-electron chi connectivity index (χ4n) is 3.73. The van der Waals surface area contributed by atoms with Crippen LogP contribution in [0.1, 0.15) is 0 Å². The van der Waals surface area contributed by atoms with Gasteiger partial charge in [-0.3, -0.25) is 0 Å². The molecule has 1 aromatic carbocycles. The molecule has 2 saturated heterocycles. The van der Waals surface area contributed by atoms with Gasteiger partial charge in [-0.15, -0.1) is 0 Å². The van der Waals surface area contributed by atoms with E-state index in [9.17, 15) is 35.4 Å². The summed E-state index contributed by atoms with van der Waals surface area (Å²) in [5.41, 5.74) is -2.31. The lowest BCUT2D eigenvalue weighted by atomic mass is 9.99. The topological polar surface area (TPSA) is 198 Å². The molecule has 0 saturated carbocycles. The van der Waals surface area contributed by atoms with E-state index in [-0.39, 0.29) is 23.7 Å². The molecule has 0 spiro atoms.